The second-order valence-electron chi connectivity index (χ2n) is 4.88. The monoisotopic (exact) mass is 273 g/mol. The molecule has 1 aliphatic carbocycles. The third kappa shape index (κ3) is 4.46. The first-order valence-corrected chi connectivity index (χ1v) is 6.36. The Labute approximate surface area is 114 Å². The zero-order chi connectivity index (χ0) is 12.3. The first-order valence-electron chi connectivity index (χ1n) is 6.36. The van der Waals surface area contributed by atoms with E-state index in [0.717, 1.165) is 18.4 Å². The Hall–Kier alpha value is -0.800. The maximum atomic E-state index is 13.2. The van der Waals surface area contributed by atoms with E-state index in [-0.39, 0.29) is 24.3 Å². The van der Waals surface area contributed by atoms with Gasteiger partial charge in [0.05, 0.1) is 6.61 Å². The molecular weight excluding hydrogens is 253 g/mol. The average molecular weight is 274 g/mol. The van der Waals surface area contributed by atoms with E-state index >= 15 is 0 Å². The minimum atomic E-state index is -0.246. The highest BCUT2D eigenvalue weighted by molar-refractivity contribution is 5.85. The van der Waals surface area contributed by atoms with E-state index in [0.29, 0.717) is 18.3 Å². The minimum absolute atomic E-state index is 0. The second-order valence-corrected chi connectivity index (χ2v) is 4.88. The molecule has 1 aromatic carbocycles. The average Bonchev–Trinajstić information content (AvgIpc) is 3.13. The molecule has 0 aromatic heterocycles. The van der Waals surface area contributed by atoms with Crippen LogP contribution in [0.5, 0.6) is 5.75 Å². The molecule has 102 valence electrons. The lowest BCUT2D eigenvalue weighted by atomic mass is 10.0. The summed E-state index contributed by atoms with van der Waals surface area (Å²) in [6.45, 7) is 2.76. The summed E-state index contributed by atoms with van der Waals surface area (Å²) in [6, 6.07) is 4.85. The molecule has 0 saturated heterocycles. The van der Waals surface area contributed by atoms with E-state index < -0.39 is 0 Å². The largest absolute Gasteiger partial charge is 0.493 e. The fourth-order valence-electron chi connectivity index (χ4n) is 1.75. The molecule has 4 heteroatoms. The molecule has 0 bridgehead atoms. The first kappa shape index (κ1) is 15.3. The summed E-state index contributed by atoms with van der Waals surface area (Å²) in [6.07, 6.45) is 4.13. The molecule has 0 spiro atoms. The zero-order valence-electron chi connectivity index (χ0n) is 10.7. The lowest BCUT2D eigenvalue weighted by molar-refractivity contribution is 0.294. The normalized spacial score (nSPS) is 15.9. The van der Waals surface area contributed by atoms with Gasteiger partial charge in [0.15, 0.2) is 0 Å². The van der Waals surface area contributed by atoms with Crippen molar-refractivity contribution in [2.24, 2.45) is 11.7 Å². The molecule has 0 amide bonds. The highest BCUT2D eigenvalue weighted by atomic mass is 35.5. The van der Waals surface area contributed by atoms with Gasteiger partial charge in [0.25, 0.3) is 0 Å². The van der Waals surface area contributed by atoms with Crippen molar-refractivity contribution in [3.05, 3.63) is 29.6 Å². The van der Waals surface area contributed by atoms with Crippen LogP contribution in [0.1, 0.15) is 31.7 Å². The maximum Gasteiger partial charge on any atom is 0.126 e. The first-order chi connectivity index (χ1) is 8.19. The number of ether oxygens (including phenoxy) is 1. The molecule has 2 nitrogen and oxygen atoms in total. The smallest absolute Gasteiger partial charge is 0.126 e. The van der Waals surface area contributed by atoms with Crippen molar-refractivity contribution >= 4 is 12.4 Å². The molecule has 1 fully saturated rings. The fraction of sp³-hybridized carbons (Fsp3) is 0.571. The van der Waals surface area contributed by atoms with Crippen molar-refractivity contribution < 1.29 is 9.13 Å². The molecule has 1 saturated carbocycles. The molecule has 18 heavy (non-hydrogen) atoms. The van der Waals surface area contributed by atoms with Crippen LogP contribution < -0.4 is 10.5 Å². The predicted octanol–water partition coefficient (Wildman–Crippen LogP) is 3.32. The van der Waals surface area contributed by atoms with Gasteiger partial charge in [0.1, 0.15) is 11.6 Å². The van der Waals surface area contributed by atoms with Crippen LogP contribution in [-0.2, 0) is 6.42 Å². The van der Waals surface area contributed by atoms with E-state index in [1.54, 1.807) is 6.07 Å². The summed E-state index contributed by atoms with van der Waals surface area (Å²) in [5, 5.41) is 0. The lowest BCUT2D eigenvalue weighted by Crippen LogP contribution is -2.21. The maximum absolute atomic E-state index is 13.2. The Morgan fingerprint density at radius 3 is 2.78 bits per heavy atom. The third-order valence-corrected chi connectivity index (χ3v) is 3.21. The summed E-state index contributed by atoms with van der Waals surface area (Å²) in [4.78, 5) is 0. The molecular formula is C14H21ClFNO. The van der Waals surface area contributed by atoms with Gasteiger partial charge < -0.3 is 10.5 Å². The number of hydrogen-bond donors (Lipinski definition) is 1. The number of hydrogen-bond acceptors (Lipinski definition) is 2. The molecule has 0 radical (unpaired) electrons. The third-order valence-electron chi connectivity index (χ3n) is 3.21. The van der Waals surface area contributed by atoms with Crippen molar-refractivity contribution in [1.29, 1.82) is 0 Å². The van der Waals surface area contributed by atoms with E-state index in [2.05, 4.69) is 6.92 Å². The van der Waals surface area contributed by atoms with Crippen LogP contribution in [0, 0.1) is 11.7 Å². The molecule has 2 rings (SSSR count). The van der Waals surface area contributed by atoms with Crippen molar-refractivity contribution in [2.75, 3.05) is 6.61 Å². The molecule has 0 aliphatic heterocycles. The number of nitrogens with two attached hydrogens (primary N) is 1. The summed E-state index contributed by atoms with van der Waals surface area (Å²) in [7, 11) is 0. The van der Waals surface area contributed by atoms with Crippen LogP contribution >= 0.6 is 12.4 Å². The fourth-order valence-corrected chi connectivity index (χ4v) is 1.75. The van der Waals surface area contributed by atoms with Gasteiger partial charge in [0, 0.05) is 12.1 Å². The molecule has 1 aromatic rings. The van der Waals surface area contributed by atoms with Gasteiger partial charge >= 0.3 is 0 Å². The summed E-state index contributed by atoms with van der Waals surface area (Å²) >= 11 is 0. The Bertz CT molecular complexity index is 382. The van der Waals surface area contributed by atoms with Gasteiger partial charge in [-0.05, 0) is 43.2 Å². The molecule has 0 heterocycles. The van der Waals surface area contributed by atoms with Crippen LogP contribution in [0.2, 0.25) is 0 Å². The summed E-state index contributed by atoms with van der Waals surface area (Å²) in [5.41, 5.74) is 6.95. The number of halogens is 2. The Morgan fingerprint density at radius 1 is 1.44 bits per heavy atom. The Balaban J connectivity index is 0.00000162. The highest BCUT2D eigenvalue weighted by Gasteiger charge is 2.22. The van der Waals surface area contributed by atoms with Gasteiger partial charge in [-0.25, -0.2) is 4.39 Å². The van der Waals surface area contributed by atoms with Gasteiger partial charge in [-0.1, -0.05) is 13.0 Å². The van der Waals surface area contributed by atoms with Crippen molar-refractivity contribution in [3.63, 3.8) is 0 Å². The van der Waals surface area contributed by atoms with Crippen molar-refractivity contribution in [1.82, 2.24) is 0 Å². The lowest BCUT2D eigenvalue weighted by Gasteiger charge is -2.14. The van der Waals surface area contributed by atoms with Crippen LogP contribution in [0.25, 0.3) is 0 Å². The van der Waals surface area contributed by atoms with E-state index in [9.17, 15) is 4.39 Å². The van der Waals surface area contributed by atoms with E-state index in [1.807, 2.05) is 0 Å². The number of benzene rings is 1. The van der Waals surface area contributed by atoms with Gasteiger partial charge in [-0.3, -0.25) is 0 Å². The van der Waals surface area contributed by atoms with Gasteiger partial charge in [-0.2, -0.15) is 0 Å². The van der Waals surface area contributed by atoms with Crippen LogP contribution in [0.15, 0.2) is 18.2 Å². The second kappa shape index (κ2) is 6.95. The van der Waals surface area contributed by atoms with Crippen molar-refractivity contribution in [2.45, 2.75) is 38.6 Å². The zero-order valence-corrected chi connectivity index (χ0v) is 11.5. The van der Waals surface area contributed by atoms with Crippen LogP contribution in [-0.4, -0.2) is 12.6 Å². The summed E-state index contributed by atoms with van der Waals surface area (Å²) < 4.78 is 18.9. The van der Waals surface area contributed by atoms with Gasteiger partial charge in [0.2, 0.25) is 0 Å². The predicted molar refractivity (Wildman–Crippen MR) is 73.8 cm³/mol. The summed E-state index contributed by atoms with van der Waals surface area (Å²) in [5.74, 6) is 1.09. The van der Waals surface area contributed by atoms with Crippen molar-refractivity contribution in [3.8, 4) is 5.75 Å². The van der Waals surface area contributed by atoms with Crippen LogP contribution in [0.3, 0.4) is 0 Å². The SMILES string of the molecule is CCC(N)Cc1ccc(F)cc1OCC1CC1.Cl. The van der Waals surface area contributed by atoms with E-state index in [4.69, 9.17) is 10.5 Å². The molecule has 2 N–H and O–H groups in total. The molecule has 1 atom stereocenters. The standard InChI is InChI=1S/C14H20FNO.ClH/c1-2-13(16)7-11-5-6-12(15)8-14(11)17-9-10-3-4-10;/h5-6,8,10,13H,2-4,7,9,16H2,1H3;1H. The van der Waals surface area contributed by atoms with E-state index in [1.165, 1.54) is 25.0 Å². The number of rotatable bonds is 6. The topological polar surface area (TPSA) is 35.2 Å². The Morgan fingerprint density at radius 2 is 2.17 bits per heavy atom. The molecule has 1 unspecified atom stereocenters. The minimum Gasteiger partial charge on any atom is -0.493 e. The van der Waals surface area contributed by atoms with Crippen LogP contribution in [0.4, 0.5) is 4.39 Å². The molecule has 1 aliphatic rings. The Kier molecular flexibility index (Phi) is 5.89. The highest BCUT2D eigenvalue weighted by Crippen LogP contribution is 2.31. The van der Waals surface area contributed by atoms with Gasteiger partial charge in [-0.15, -0.1) is 12.4 Å². The quantitative estimate of drug-likeness (QED) is 0.863.